The number of ether oxygens (including phenoxy) is 2. The van der Waals surface area contributed by atoms with Crippen molar-refractivity contribution in [3.05, 3.63) is 22.2 Å². The Morgan fingerprint density at radius 2 is 2.07 bits per heavy atom. The molecule has 3 nitrogen and oxygen atoms in total. The van der Waals surface area contributed by atoms with E-state index in [2.05, 4.69) is 15.9 Å². The van der Waals surface area contributed by atoms with Crippen LogP contribution >= 0.6 is 15.9 Å². The number of hydrogen-bond acceptors (Lipinski definition) is 3. The first-order chi connectivity index (χ1) is 6.65. The maximum absolute atomic E-state index is 5.81. The Labute approximate surface area is 92.3 Å². The van der Waals surface area contributed by atoms with Gasteiger partial charge in [0.15, 0.2) is 0 Å². The molecule has 1 rings (SSSR count). The normalized spacial score (nSPS) is 10.2. The molecule has 14 heavy (non-hydrogen) atoms. The lowest BCUT2D eigenvalue weighted by molar-refractivity contribution is 0.146. The molecule has 0 aliphatic heterocycles. The molecule has 0 saturated carbocycles. The van der Waals surface area contributed by atoms with E-state index in [1.807, 2.05) is 19.1 Å². The van der Waals surface area contributed by atoms with Gasteiger partial charge < -0.3 is 15.2 Å². The number of aryl methyl sites for hydroxylation is 1. The molecule has 2 N–H and O–H groups in total. The van der Waals surface area contributed by atoms with Crippen molar-refractivity contribution < 1.29 is 9.47 Å². The monoisotopic (exact) mass is 259 g/mol. The Kier molecular flexibility index (Phi) is 4.22. The lowest BCUT2D eigenvalue weighted by atomic mass is 10.2. The van der Waals surface area contributed by atoms with Crippen molar-refractivity contribution in [2.24, 2.45) is 0 Å². The van der Waals surface area contributed by atoms with Crippen molar-refractivity contribution in [2.45, 2.75) is 6.92 Å². The van der Waals surface area contributed by atoms with Crippen molar-refractivity contribution in [3.63, 3.8) is 0 Å². The summed E-state index contributed by atoms with van der Waals surface area (Å²) >= 11 is 3.37. The molecule has 0 radical (unpaired) electrons. The first kappa shape index (κ1) is 11.3. The lowest BCUT2D eigenvalue weighted by Crippen LogP contribution is -2.07. The largest absolute Gasteiger partial charge is 0.489 e. The summed E-state index contributed by atoms with van der Waals surface area (Å²) < 4.78 is 11.3. The van der Waals surface area contributed by atoms with Gasteiger partial charge >= 0.3 is 0 Å². The predicted molar refractivity (Wildman–Crippen MR) is 60.7 cm³/mol. The van der Waals surface area contributed by atoms with E-state index in [1.54, 1.807) is 7.11 Å². The van der Waals surface area contributed by atoms with Gasteiger partial charge in [-0.05, 0) is 24.6 Å². The van der Waals surface area contributed by atoms with Gasteiger partial charge in [0, 0.05) is 11.6 Å². The quantitative estimate of drug-likeness (QED) is 0.667. The second-order valence-corrected chi connectivity index (χ2v) is 3.90. The van der Waals surface area contributed by atoms with Gasteiger partial charge in [-0.1, -0.05) is 15.9 Å². The van der Waals surface area contributed by atoms with E-state index in [-0.39, 0.29) is 0 Å². The van der Waals surface area contributed by atoms with E-state index in [9.17, 15) is 0 Å². The average Bonchev–Trinajstić information content (AvgIpc) is 2.09. The lowest BCUT2D eigenvalue weighted by Gasteiger charge is -2.11. The van der Waals surface area contributed by atoms with Crippen molar-refractivity contribution >= 4 is 21.6 Å². The smallest absolute Gasteiger partial charge is 0.145 e. The van der Waals surface area contributed by atoms with Gasteiger partial charge in [-0.2, -0.15) is 0 Å². The molecule has 0 amide bonds. The molecule has 0 bridgehead atoms. The Balaban J connectivity index is 2.75. The molecule has 0 heterocycles. The fourth-order valence-electron chi connectivity index (χ4n) is 1.18. The van der Waals surface area contributed by atoms with Crippen LogP contribution in [0.5, 0.6) is 5.75 Å². The number of rotatable bonds is 4. The summed E-state index contributed by atoms with van der Waals surface area (Å²) in [4.78, 5) is 0. The van der Waals surface area contributed by atoms with Crippen LogP contribution in [0.15, 0.2) is 16.6 Å². The number of nitrogens with two attached hydrogens (primary N) is 1. The number of nitrogen functional groups attached to an aromatic ring is 1. The summed E-state index contributed by atoms with van der Waals surface area (Å²) in [7, 11) is 1.64. The van der Waals surface area contributed by atoms with Crippen molar-refractivity contribution in [3.8, 4) is 5.75 Å². The summed E-state index contributed by atoms with van der Waals surface area (Å²) in [6.45, 7) is 3.04. The maximum Gasteiger partial charge on any atom is 0.145 e. The molecule has 1 aromatic rings. The first-order valence-electron chi connectivity index (χ1n) is 4.32. The van der Waals surface area contributed by atoms with Gasteiger partial charge in [-0.25, -0.2) is 0 Å². The second kappa shape index (κ2) is 5.22. The van der Waals surface area contributed by atoms with Gasteiger partial charge in [-0.3, -0.25) is 0 Å². The molecule has 0 aromatic heterocycles. The zero-order valence-corrected chi connectivity index (χ0v) is 9.93. The van der Waals surface area contributed by atoms with Gasteiger partial charge in [0.2, 0.25) is 0 Å². The van der Waals surface area contributed by atoms with E-state index in [0.717, 1.165) is 15.8 Å². The van der Waals surface area contributed by atoms with Crippen LogP contribution in [0.3, 0.4) is 0 Å². The molecule has 0 fully saturated rings. The summed E-state index contributed by atoms with van der Waals surface area (Å²) in [6, 6.07) is 3.80. The molecular formula is C10H14BrNO2. The van der Waals surface area contributed by atoms with Crippen molar-refractivity contribution in [1.82, 2.24) is 0 Å². The van der Waals surface area contributed by atoms with Crippen LogP contribution in [-0.2, 0) is 4.74 Å². The molecule has 1 aromatic carbocycles. The highest BCUT2D eigenvalue weighted by atomic mass is 79.9. The number of anilines is 1. The zero-order chi connectivity index (χ0) is 10.6. The molecule has 0 aliphatic carbocycles. The third kappa shape index (κ3) is 2.89. The van der Waals surface area contributed by atoms with Crippen molar-refractivity contribution in [1.29, 1.82) is 0 Å². The van der Waals surface area contributed by atoms with Crippen LogP contribution in [0.2, 0.25) is 0 Å². The Morgan fingerprint density at radius 1 is 1.36 bits per heavy atom. The number of halogens is 1. The van der Waals surface area contributed by atoms with Crippen LogP contribution < -0.4 is 10.5 Å². The van der Waals surface area contributed by atoms with Gasteiger partial charge in [0.05, 0.1) is 12.3 Å². The Morgan fingerprint density at radius 3 is 2.64 bits per heavy atom. The van der Waals surface area contributed by atoms with E-state index in [4.69, 9.17) is 15.2 Å². The molecule has 0 saturated heterocycles. The van der Waals surface area contributed by atoms with E-state index < -0.39 is 0 Å². The highest BCUT2D eigenvalue weighted by molar-refractivity contribution is 9.10. The highest BCUT2D eigenvalue weighted by Gasteiger charge is 2.05. The maximum atomic E-state index is 5.81. The summed E-state index contributed by atoms with van der Waals surface area (Å²) in [5.41, 5.74) is 7.48. The number of methoxy groups -OCH3 is 1. The summed E-state index contributed by atoms with van der Waals surface area (Å²) in [5.74, 6) is 0.741. The highest BCUT2D eigenvalue weighted by Crippen LogP contribution is 2.29. The van der Waals surface area contributed by atoms with Gasteiger partial charge in [0.25, 0.3) is 0 Å². The minimum atomic E-state index is 0.517. The third-order valence-electron chi connectivity index (χ3n) is 1.80. The molecule has 78 valence electrons. The standard InChI is InChI=1S/C10H14BrNO2/c1-7-5-8(11)6-9(12)10(7)14-4-3-13-2/h5-6H,3-4,12H2,1-2H3. The topological polar surface area (TPSA) is 44.5 Å². The summed E-state index contributed by atoms with van der Waals surface area (Å²) in [6.07, 6.45) is 0. The third-order valence-corrected chi connectivity index (χ3v) is 2.26. The van der Waals surface area contributed by atoms with Crippen LogP contribution in [0, 0.1) is 6.92 Å². The predicted octanol–water partition coefficient (Wildman–Crippen LogP) is 2.36. The molecule has 0 spiro atoms. The van der Waals surface area contributed by atoms with E-state index >= 15 is 0 Å². The molecule has 0 unspecified atom stereocenters. The molecule has 0 aliphatic rings. The van der Waals surface area contributed by atoms with Gasteiger partial charge in [0.1, 0.15) is 12.4 Å². The van der Waals surface area contributed by atoms with Crippen LogP contribution in [-0.4, -0.2) is 20.3 Å². The zero-order valence-electron chi connectivity index (χ0n) is 8.34. The average molecular weight is 260 g/mol. The molecule has 4 heteroatoms. The van der Waals surface area contributed by atoms with E-state index in [1.165, 1.54) is 0 Å². The fourth-order valence-corrected chi connectivity index (χ4v) is 1.77. The molecule has 0 atom stereocenters. The number of benzene rings is 1. The fraction of sp³-hybridized carbons (Fsp3) is 0.400. The van der Waals surface area contributed by atoms with Crippen LogP contribution in [0.25, 0.3) is 0 Å². The van der Waals surface area contributed by atoms with Crippen LogP contribution in [0.1, 0.15) is 5.56 Å². The van der Waals surface area contributed by atoms with Gasteiger partial charge in [-0.15, -0.1) is 0 Å². The minimum Gasteiger partial charge on any atom is -0.489 e. The SMILES string of the molecule is COCCOc1c(C)cc(Br)cc1N. The number of hydrogen-bond donors (Lipinski definition) is 1. The minimum absolute atomic E-state index is 0.517. The second-order valence-electron chi connectivity index (χ2n) is 2.98. The Hall–Kier alpha value is -0.740. The van der Waals surface area contributed by atoms with Crippen molar-refractivity contribution in [2.75, 3.05) is 26.1 Å². The van der Waals surface area contributed by atoms with E-state index in [0.29, 0.717) is 18.9 Å². The Bertz CT molecular complexity index is 292. The summed E-state index contributed by atoms with van der Waals surface area (Å²) in [5, 5.41) is 0. The first-order valence-corrected chi connectivity index (χ1v) is 5.12. The van der Waals surface area contributed by atoms with Crippen LogP contribution in [0.4, 0.5) is 5.69 Å². The molecular weight excluding hydrogens is 246 g/mol.